The van der Waals surface area contributed by atoms with Gasteiger partial charge in [-0.05, 0) is 57.6 Å². The van der Waals surface area contributed by atoms with Crippen LogP contribution in [0.1, 0.15) is 30.1 Å². The molecule has 1 aliphatic rings. The highest BCUT2D eigenvalue weighted by molar-refractivity contribution is 5.89. The van der Waals surface area contributed by atoms with Gasteiger partial charge in [0.25, 0.3) is 0 Å². The van der Waals surface area contributed by atoms with E-state index in [1.165, 1.54) is 19.4 Å². The van der Waals surface area contributed by atoms with Crippen LogP contribution in [0.5, 0.6) is 0 Å². The smallest absolute Gasteiger partial charge is 0.338 e. The Morgan fingerprint density at radius 1 is 1.42 bits per heavy atom. The third-order valence-electron chi connectivity index (χ3n) is 3.39. The van der Waals surface area contributed by atoms with Crippen LogP contribution < -0.4 is 5.32 Å². The van der Waals surface area contributed by atoms with Crippen LogP contribution in [0.3, 0.4) is 0 Å². The maximum absolute atomic E-state index is 11.5. The second-order valence-electron chi connectivity index (χ2n) is 5.04. The molecule has 1 aliphatic heterocycles. The van der Waals surface area contributed by atoms with E-state index in [9.17, 15) is 4.79 Å². The van der Waals surface area contributed by atoms with Gasteiger partial charge in [-0.15, -0.1) is 0 Å². The minimum absolute atomic E-state index is 0.258. The van der Waals surface area contributed by atoms with Crippen molar-refractivity contribution in [3.05, 3.63) is 29.8 Å². The standard InChI is InChI=1S/C15H22N2O2/c1-3-19-15(18)12-6-8-13(9-7-12)16-14-5-4-10-17(2)11-14/h6-9,14,16H,3-5,10-11H2,1-2H3. The topological polar surface area (TPSA) is 41.6 Å². The molecule has 0 amide bonds. The number of hydrogen-bond acceptors (Lipinski definition) is 4. The van der Waals surface area contributed by atoms with E-state index in [0.717, 1.165) is 12.2 Å². The number of nitrogens with zero attached hydrogens (tertiary/aromatic N) is 1. The average molecular weight is 262 g/mol. The third kappa shape index (κ3) is 3.96. The fourth-order valence-electron chi connectivity index (χ4n) is 2.44. The summed E-state index contributed by atoms with van der Waals surface area (Å²) in [5.41, 5.74) is 1.67. The van der Waals surface area contributed by atoms with E-state index in [-0.39, 0.29) is 5.97 Å². The second kappa shape index (κ2) is 6.57. The van der Waals surface area contributed by atoms with Gasteiger partial charge in [0.2, 0.25) is 0 Å². The first kappa shape index (κ1) is 13.9. The number of nitrogens with one attached hydrogen (secondary N) is 1. The Morgan fingerprint density at radius 3 is 2.79 bits per heavy atom. The lowest BCUT2D eigenvalue weighted by Crippen LogP contribution is -2.39. The van der Waals surface area contributed by atoms with Crippen molar-refractivity contribution in [2.75, 3.05) is 32.1 Å². The summed E-state index contributed by atoms with van der Waals surface area (Å²) in [4.78, 5) is 13.9. The number of benzene rings is 1. The summed E-state index contributed by atoms with van der Waals surface area (Å²) >= 11 is 0. The number of ether oxygens (including phenoxy) is 1. The summed E-state index contributed by atoms with van der Waals surface area (Å²) in [5, 5.41) is 3.52. The summed E-state index contributed by atoms with van der Waals surface area (Å²) in [6, 6.07) is 8.01. The molecule has 2 rings (SSSR count). The zero-order valence-corrected chi connectivity index (χ0v) is 11.7. The first-order chi connectivity index (χ1) is 9.19. The first-order valence-corrected chi connectivity index (χ1v) is 6.91. The van der Waals surface area contributed by atoms with Crippen molar-refractivity contribution in [3.8, 4) is 0 Å². The number of esters is 1. The number of carbonyl (C=O) groups excluding carboxylic acids is 1. The molecule has 4 nitrogen and oxygen atoms in total. The van der Waals surface area contributed by atoms with E-state index in [2.05, 4.69) is 17.3 Å². The molecule has 19 heavy (non-hydrogen) atoms. The zero-order valence-electron chi connectivity index (χ0n) is 11.7. The van der Waals surface area contributed by atoms with Gasteiger partial charge in [-0.3, -0.25) is 0 Å². The maximum Gasteiger partial charge on any atom is 0.338 e. The molecule has 0 spiro atoms. The quantitative estimate of drug-likeness (QED) is 0.846. The molecule has 1 aromatic rings. The molecule has 1 atom stereocenters. The van der Waals surface area contributed by atoms with Crippen LogP contribution in [0, 0.1) is 0 Å². The predicted molar refractivity (Wildman–Crippen MR) is 76.5 cm³/mol. The van der Waals surface area contributed by atoms with Crippen molar-refractivity contribution < 1.29 is 9.53 Å². The van der Waals surface area contributed by atoms with Crippen LogP contribution in [0.15, 0.2) is 24.3 Å². The fourth-order valence-corrected chi connectivity index (χ4v) is 2.44. The summed E-state index contributed by atoms with van der Waals surface area (Å²) in [7, 11) is 2.15. The second-order valence-corrected chi connectivity index (χ2v) is 5.04. The van der Waals surface area contributed by atoms with Crippen molar-refractivity contribution in [1.82, 2.24) is 4.90 Å². The van der Waals surface area contributed by atoms with E-state index >= 15 is 0 Å². The van der Waals surface area contributed by atoms with Crippen LogP contribution in [-0.4, -0.2) is 43.7 Å². The van der Waals surface area contributed by atoms with Gasteiger partial charge in [0, 0.05) is 18.3 Å². The van der Waals surface area contributed by atoms with Crippen LogP contribution in [0.25, 0.3) is 0 Å². The Hall–Kier alpha value is -1.55. The van der Waals surface area contributed by atoms with Gasteiger partial charge < -0.3 is 15.0 Å². The number of anilines is 1. The largest absolute Gasteiger partial charge is 0.462 e. The van der Waals surface area contributed by atoms with Crippen molar-refractivity contribution in [1.29, 1.82) is 0 Å². The molecule has 104 valence electrons. The molecule has 0 aromatic heterocycles. The van der Waals surface area contributed by atoms with E-state index in [4.69, 9.17) is 4.74 Å². The molecule has 0 saturated carbocycles. The number of hydrogen-bond donors (Lipinski definition) is 1. The molecule has 4 heteroatoms. The van der Waals surface area contributed by atoms with Gasteiger partial charge in [0.05, 0.1) is 12.2 Å². The minimum Gasteiger partial charge on any atom is -0.462 e. The number of likely N-dealkylation sites (tertiary alicyclic amines) is 1. The summed E-state index contributed by atoms with van der Waals surface area (Å²) < 4.78 is 4.97. The zero-order chi connectivity index (χ0) is 13.7. The Kier molecular flexibility index (Phi) is 4.80. The lowest BCUT2D eigenvalue weighted by Gasteiger charge is -2.30. The molecule has 0 aliphatic carbocycles. The number of piperidine rings is 1. The maximum atomic E-state index is 11.5. The minimum atomic E-state index is -0.258. The van der Waals surface area contributed by atoms with Crippen molar-refractivity contribution in [2.24, 2.45) is 0 Å². The van der Waals surface area contributed by atoms with Gasteiger partial charge in [-0.2, -0.15) is 0 Å². The molecule has 1 N–H and O–H groups in total. The van der Waals surface area contributed by atoms with Gasteiger partial charge in [0.15, 0.2) is 0 Å². The highest BCUT2D eigenvalue weighted by atomic mass is 16.5. The Balaban J connectivity index is 1.93. The first-order valence-electron chi connectivity index (χ1n) is 6.91. The number of carbonyl (C=O) groups is 1. The Bertz CT molecular complexity index is 417. The number of likely N-dealkylation sites (N-methyl/N-ethyl adjacent to an activating group) is 1. The fraction of sp³-hybridized carbons (Fsp3) is 0.533. The molecular weight excluding hydrogens is 240 g/mol. The molecule has 0 bridgehead atoms. The van der Waals surface area contributed by atoms with E-state index in [1.54, 1.807) is 0 Å². The predicted octanol–water partition coefficient (Wildman–Crippen LogP) is 2.37. The van der Waals surface area contributed by atoms with Crippen LogP contribution in [-0.2, 0) is 4.74 Å². The summed E-state index contributed by atoms with van der Waals surface area (Å²) in [6.07, 6.45) is 2.43. The molecule has 0 radical (unpaired) electrons. The van der Waals surface area contributed by atoms with E-state index in [1.807, 2.05) is 31.2 Å². The molecule has 1 unspecified atom stereocenters. The molecule has 1 aromatic carbocycles. The van der Waals surface area contributed by atoms with Crippen molar-refractivity contribution in [3.63, 3.8) is 0 Å². The van der Waals surface area contributed by atoms with Crippen LogP contribution >= 0.6 is 0 Å². The lowest BCUT2D eigenvalue weighted by atomic mass is 10.1. The van der Waals surface area contributed by atoms with Gasteiger partial charge in [-0.1, -0.05) is 0 Å². The Morgan fingerprint density at radius 2 is 2.16 bits per heavy atom. The normalized spacial score (nSPS) is 20.0. The highest BCUT2D eigenvalue weighted by Crippen LogP contribution is 2.16. The van der Waals surface area contributed by atoms with Crippen molar-refractivity contribution in [2.45, 2.75) is 25.8 Å². The van der Waals surface area contributed by atoms with E-state index in [0.29, 0.717) is 18.2 Å². The van der Waals surface area contributed by atoms with Gasteiger partial charge >= 0.3 is 5.97 Å². The van der Waals surface area contributed by atoms with Crippen molar-refractivity contribution >= 4 is 11.7 Å². The summed E-state index contributed by atoms with van der Waals surface area (Å²) in [6.45, 7) is 4.47. The number of rotatable bonds is 4. The van der Waals surface area contributed by atoms with E-state index < -0.39 is 0 Å². The molecule has 1 heterocycles. The Labute approximate surface area is 114 Å². The molecular formula is C15H22N2O2. The monoisotopic (exact) mass is 262 g/mol. The van der Waals surface area contributed by atoms with Crippen LogP contribution in [0.2, 0.25) is 0 Å². The van der Waals surface area contributed by atoms with Gasteiger partial charge in [-0.25, -0.2) is 4.79 Å². The molecule has 1 saturated heterocycles. The SMILES string of the molecule is CCOC(=O)c1ccc(NC2CCCN(C)C2)cc1. The third-order valence-corrected chi connectivity index (χ3v) is 3.39. The lowest BCUT2D eigenvalue weighted by molar-refractivity contribution is 0.0526. The van der Waals surface area contributed by atoms with Gasteiger partial charge in [0.1, 0.15) is 0 Å². The van der Waals surface area contributed by atoms with Crippen LogP contribution in [0.4, 0.5) is 5.69 Å². The highest BCUT2D eigenvalue weighted by Gasteiger charge is 2.16. The molecule has 1 fully saturated rings. The average Bonchev–Trinajstić information content (AvgIpc) is 2.40. The summed E-state index contributed by atoms with van der Waals surface area (Å²) in [5.74, 6) is -0.258.